The maximum Gasteiger partial charge on any atom is 0.0789 e. The van der Waals surface area contributed by atoms with E-state index < -0.39 is 0 Å². The first kappa shape index (κ1) is 20.9. The zero-order valence-corrected chi connectivity index (χ0v) is 19.2. The lowest BCUT2D eigenvalue weighted by atomic mass is 9.87. The summed E-state index contributed by atoms with van der Waals surface area (Å²) in [7, 11) is 0. The summed E-state index contributed by atoms with van der Waals surface area (Å²) in [6.45, 7) is 0.681. The highest BCUT2D eigenvalue weighted by Crippen LogP contribution is 2.42. The van der Waals surface area contributed by atoms with Crippen molar-refractivity contribution in [2.75, 3.05) is 0 Å². The summed E-state index contributed by atoms with van der Waals surface area (Å²) in [4.78, 5) is 3.64. The van der Waals surface area contributed by atoms with Gasteiger partial charge in [-0.1, -0.05) is 97.1 Å². The second kappa shape index (κ2) is 8.96. The lowest BCUT2D eigenvalue weighted by Crippen LogP contribution is -2.06. The normalized spacial score (nSPS) is 12.1. The van der Waals surface area contributed by atoms with E-state index in [9.17, 15) is 5.26 Å². The fraction of sp³-hybridized carbons (Fsp3) is 0.0968. The molecule has 4 aromatic carbocycles. The number of hydrogen-bond acceptors (Lipinski definition) is 2. The predicted octanol–water partition coefficient (Wildman–Crippen LogP) is 7.28. The number of para-hydroxylation sites is 2. The van der Waals surface area contributed by atoms with Gasteiger partial charge in [0.05, 0.1) is 29.5 Å². The Kier molecular flexibility index (Phi) is 5.37. The van der Waals surface area contributed by atoms with Gasteiger partial charge in [0.15, 0.2) is 0 Å². The summed E-state index contributed by atoms with van der Waals surface area (Å²) >= 11 is 0. The summed E-state index contributed by atoms with van der Waals surface area (Å²) in [5, 5.41) is 17.3. The highest BCUT2D eigenvalue weighted by atomic mass is 15.3. The third-order valence-electron chi connectivity index (χ3n) is 6.64. The van der Waals surface area contributed by atoms with Gasteiger partial charge in [-0.25, -0.2) is 0 Å². The molecule has 168 valence electrons. The van der Waals surface area contributed by atoms with Crippen molar-refractivity contribution in [1.82, 2.24) is 14.8 Å². The highest BCUT2D eigenvalue weighted by Gasteiger charge is 2.27. The number of nitrogens with one attached hydrogen (secondary N) is 1. The number of nitriles is 1. The van der Waals surface area contributed by atoms with E-state index in [1.165, 1.54) is 5.56 Å². The minimum atomic E-state index is -0.173. The zero-order valence-electron chi connectivity index (χ0n) is 19.2. The van der Waals surface area contributed by atoms with Crippen LogP contribution in [0.25, 0.3) is 33.1 Å². The third kappa shape index (κ3) is 3.78. The molecule has 0 radical (unpaired) electrons. The van der Waals surface area contributed by atoms with Crippen molar-refractivity contribution in [2.45, 2.75) is 18.9 Å². The van der Waals surface area contributed by atoms with Crippen LogP contribution in [0.2, 0.25) is 0 Å². The van der Waals surface area contributed by atoms with E-state index in [-0.39, 0.29) is 5.92 Å². The van der Waals surface area contributed by atoms with E-state index in [2.05, 4.69) is 94.6 Å². The van der Waals surface area contributed by atoms with Crippen LogP contribution in [-0.4, -0.2) is 14.8 Å². The minimum Gasteiger partial charge on any atom is -0.354 e. The fourth-order valence-corrected chi connectivity index (χ4v) is 5.07. The molecule has 2 heterocycles. The zero-order chi connectivity index (χ0) is 23.6. The Morgan fingerprint density at radius 2 is 1.43 bits per heavy atom. The Morgan fingerprint density at radius 1 is 0.771 bits per heavy atom. The third-order valence-corrected chi connectivity index (χ3v) is 6.64. The van der Waals surface area contributed by atoms with E-state index in [0.717, 1.165) is 44.3 Å². The second-order valence-corrected chi connectivity index (χ2v) is 8.79. The molecule has 0 saturated carbocycles. The molecule has 4 nitrogen and oxygen atoms in total. The minimum absolute atomic E-state index is 0.173. The Hall–Kier alpha value is -4.62. The van der Waals surface area contributed by atoms with Gasteiger partial charge >= 0.3 is 0 Å². The Morgan fingerprint density at radius 3 is 2.20 bits per heavy atom. The summed E-state index contributed by atoms with van der Waals surface area (Å²) in [5.74, 6) is -0.173. The number of nitrogens with zero attached hydrogens (tertiary/aromatic N) is 3. The van der Waals surface area contributed by atoms with Crippen LogP contribution in [0, 0.1) is 11.3 Å². The second-order valence-electron chi connectivity index (χ2n) is 8.79. The molecule has 2 aromatic heterocycles. The summed E-state index contributed by atoms with van der Waals surface area (Å²) in [6, 6.07) is 39.9. The van der Waals surface area contributed by atoms with Crippen LogP contribution < -0.4 is 0 Å². The molecule has 4 heteroatoms. The highest BCUT2D eigenvalue weighted by molar-refractivity contribution is 5.93. The number of aromatic nitrogens is 3. The summed E-state index contributed by atoms with van der Waals surface area (Å²) < 4.78 is 2.07. The van der Waals surface area contributed by atoms with E-state index in [0.29, 0.717) is 13.0 Å². The van der Waals surface area contributed by atoms with Crippen molar-refractivity contribution in [1.29, 1.82) is 5.26 Å². The van der Waals surface area contributed by atoms with E-state index in [1.54, 1.807) is 0 Å². The predicted molar refractivity (Wildman–Crippen MR) is 141 cm³/mol. The van der Waals surface area contributed by atoms with Crippen LogP contribution in [-0.2, 0) is 6.54 Å². The number of H-pyrrole nitrogens is 1. The van der Waals surface area contributed by atoms with Crippen LogP contribution in [0.5, 0.6) is 0 Å². The number of fused-ring (bicyclic) bond motifs is 2. The molecule has 0 aliphatic rings. The molecule has 0 saturated heterocycles. The summed E-state index contributed by atoms with van der Waals surface area (Å²) in [5.41, 5.74) is 7.57. The van der Waals surface area contributed by atoms with E-state index in [4.69, 9.17) is 5.10 Å². The van der Waals surface area contributed by atoms with Crippen molar-refractivity contribution in [3.05, 3.63) is 126 Å². The standard InChI is InChI=1S/C31H24N4/c32-20-19-26(29-24-15-7-9-17-27(24)33-30(29)23-13-5-2-6-14-23)31-25-16-8-10-18-28(25)35(34-31)21-22-11-3-1-4-12-22/h1-18,26,33H,19,21H2. The molecule has 6 rings (SSSR count). The monoisotopic (exact) mass is 452 g/mol. The SMILES string of the molecule is N#CCC(c1c(-c2ccccc2)[nH]c2ccccc12)c1nn(Cc2ccccc2)c2ccccc12. The van der Waals surface area contributed by atoms with Gasteiger partial charge < -0.3 is 4.98 Å². The van der Waals surface area contributed by atoms with Crippen LogP contribution in [0.3, 0.4) is 0 Å². The molecular formula is C31H24N4. The van der Waals surface area contributed by atoms with Gasteiger partial charge in [-0.3, -0.25) is 4.68 Å². The molecule has 1 atom stereocenters. The number of hydrogen-bond donors (Lipinski definition) is 1. The van der Waals surface area contributed by atoms with Gasteiger partial charge in [-0.2, -0.15) is 10.4 Å². The maximum atomic E-state index is 9.95. The van der Waals surface area contributed by atoms with E-state index in [1.807, 2.05) is 30.3 Å². The quantitative estimate of drug-likeness (QED) is 0.289. The molecule has 1 N–H and O–H groups in total. The molecule has 0 aliphatic heterocycles. The van der Waals surface area contributed by atoms with Crippen LogP contribution in [0.1, 0.15) is 29.2 Å². The summed E-state index contributed by atoms with van der Waals surface area (Å²) in [6.07, 6.45) is 0.341. The lowest BCUT2D eigenvalue weighted by molar-refractivity contribution is 0.675. The molecule has 0 bridgehead atoms. The maximum absolute atomic E-state index is 9.95. The van der Waals surface area contributed by atoms with Crippen molar-refractivity contribution in [3.63, 3.8) is 0 Å². The van der Waals surface area contributed by atoms with Gasteiger partial charge in [0.2, 0.25) is 0 Å². The molecule has 35 heavy (non-hydrogen) atoms. The first-order valence-corrected chi connectivity index (χ1v) is 11.9. The molecule has 0 fully saturated rings. The van der Waals surface area contributed by atoms with Crippen molar-refractivity contribution < 1.29 is 0 Å². The lowest BCUT2D eigenvalue weighted by Gasteiger charge is -2.15. The molecule has 0 amide bonds. The van der Waals surface area contributed by atoms with Crippen molar-refractivity contribution in [3.8, 4) is 17.3 Å². The Bertz CT molecular complexity index is 1650. The number of rotatable bonds is 6. The average Bonchev–Trinajstić information content (AvgIpc) is 3.48. The van der Waals surface area contributed by atoms with E-state index >= 15 is 0 Å². The topological polar surface area (TPSA) is 57.4 Å². The number of benzene rings is 4. The van der Waals surface area contributed by atoms with Gasteiger partial charge in [0, 0.05) is 28.6 Å². The smallest absolute Gasteiger partial charge is 0.0789 e. The van der Waals surface area contributed by atoms with Crippen LogP contribution in [0.4, 0.5) is 0 Å². The van der Waals surface area contributed by atoms with Crippen LogP contribution >= 0.6 is 0 Å². The first-order valence-electron chi connectivity index (χ1n) is 11.9. The molecule has 0 aliphatic carbocycles. The Balaban J connectivity index is 1.58. The van der Waals surface area contributed by atoms with Gasteiger partial charge in [0.1, 0.15) is 0 Å². The largest absolute Gasteiger partial charge is 0.354 e. The van der Waals surface area contributed by atoms with Crippen molar-refractivity contribution >= 4 is 21.8 Å². The van der Waals surface area contributed by atoms with Gasteiger partial charge in [-0.05, 0) is 28.8 Å². The first-order chi connectivity index (χ1) is 17.3. The Labute approximate surface area is 204 Å². The average molecular weight is 453 g/mol. The molecular weight excluding hydrogens is 428 g/mol. The van der Waals surface area contributed by atoms with Gasteiger partial charge in [0.25, 0.3) is 0 Å². The molecule has 0 spiro atoms. The van der Waals surface area contributed by atoms with Crippen LogP contribution in [0.15, 0.2) is 109 Å². The van der Waals surface area contributed by atoms with Gasteiger partial charge in [-0.15, -0.1) is 0 Å². The fourth-order valence-electron chi connectivity index (χ4n) is 5.07. The molecule has 6 aromatic rings. The van der Waals surface area contributed by atoms with Crippen molar-refractivity contribution in [2.24, 2.45) is 0 Å². The number of aromatic amines is 1. The molecule has 1 unspecified atom stereocenters.